The third-order valence-corrected chi connectivity index (χ3v) is 8.75. The Morgan fingerprint density at radius 1 is 0.886 bits per heavy atom. The van der Waals surface area contributed by atoms with Crippen LogP contribution in [0.3, 0.4) is 0 Å². The number of fused-ring (bicyclic) bond motifs is 1. The molecule has 3 aromatic rings. The van der Waals surface area contributed by atoms with Crippen LogP contribution in [0, 0.1) is 17.2 Å². The smallest absolute Gasteiger partial charge is 0.244 e. The van der Waals surface area contributed by atoms with Crippen LogP contribution in [0.2, 0.25) is 0 Å². The number of anilines is 3. The van der Waals surface area contributed by atoms with Crippen molar-refractivity contribution in [2.45, 2.75) is 24.2 Å². The van der Waals surface area contributed by atoms with Gasteiger partial charge in [0, 0.05) is 31.2 Å². The highest BCUT2D eigenvalue weighted by Crippen LogP contribution is 2.38. The van der Waals surface area contributed by atoms with Crippen LogP contribution in [0.25, 0.3) is 0 Å². The molecular formula is C27H26N4O3S. The van der Waals surface area contributed by atoms with E-state index in [9.17, 15) is 18.5 Å². The molecule has 0 bridgehead atoms. The predicted molar refractivity (Wildman–Crippen MR) is 135 cm³/mol. The summed E-state index contributed by atoms with van der Waals surface area (Å²) in [6, 6.07) is 24.3. The Hall–Kier alpha value is -3.67. The van der Waals surface area contributed by atoms with Crippen molar-refractivity contribution in [3.05, 3.63) is 83.9 Å². The van der Waals surface area contributed by atoms with Gasteiger partial charge >= 0.3 is 0 Å². The summed E-state index contributed by atoms with van der Waals surface area (Å²) in [5, 5.41) is 12.4. The second-order valence-corrected chi connectivity index (χ2v) is 10.7. The van der Waals surface area contributed by atoms with Gasteiger partial charge in [0.15, 0.2) is 0 Å². The lowest BCUT2D eigenvalue weighted by Crippen LogP contribution is -2.41. The van der Waals surface area contributed by atoms with Gasteiger partial charge in [-0.15, -0.1) is 0 Å². The molecule has 1 amide bonds. The molecule has 0 unspecified atom stereocenters. The first-order valence-electron chi connectivity index (χ1n) is 11.7. The lowest BCUT2D eigenvalue weighted by atomic mass is 9.97. The van der Waals surface area contributed by atoms with E-state index in [0.717, 1.165) is 30.0 Å². The zero-order valence-electron chi connectivity index (χ0n) is 19.2. The largest absolute Gasteiger partial charge is 0.339 e. The normalized spacial score (nSPS) is 16.5. The number of nitrogens with one attached hydrogen (secondary N) is 1. The first-order valence-corrected chi connectivity index (χ1v) is 13.2. The van der Waals surface area contributed by atoms with Crippen molar-refractivity contribution in [1.82, 2.24) is 4.31 Å². The zero-order chi connectivity index (χ0) is 24.4. The van der Waals surface area contributed by atoms with Crippen LogP contribution in [0.5, 0.6) is 0 Å². The van der Waals surface area contributed by atoms with Gasteiger partial charge < -0.3 is 10.2 Å². The Morgan fingerprint density at radius 3 is 2.31 bits per heavy atom. The van der Waals surface area contributed by atoms with Crippen molar-refractivity contribution >= 4 is 33.0 Å². The van der Waals surface area contributed by atoms with Gasteiger partial charge in [-0.3, -0.25) is 4.79 Å². The molecule has 2 aliphatic rings. The average molecular weight is 487 g/mol. The van der Waals surface area contributed by atoms with Gasteiger partial charge in [-0.25, -0.2) is 8.42 Å². The number of amides is 1. The minimum Gasteiger partial charge on any atom is -0.339 e. The highest BCUT2D eigenvalue weighted by Gasteiger charge is 2.33. The molecule has 0 aromatic heterocycles. The Morgan fingerprint density at radius 2 is 1.54 bits per heavy atom. The molecule has 0 atom stereocenters. The third kappa shape index (κ3) is 4.41. The van der Waals surface area contributed by atoms with Crippen molar-refractivity contribution < 1.29 is 13.2 Å². The molecule has 2 aliphatic heterocycles. The summed E-state index contributed by atoms with van der Waals surface area (Å²) in [5.41, 5.74) is 4.30. The molecule has 0 spiro atoms. The van der Waals surface area contributed by atoms with E-state index >= 15 is 0 Å². The van der Waals surface area contributed by atoms with Crippen molar-refractivity contribution in [2.75, 3.05) is 29.9 Å². The van der Waals surface area contributed by atoms with E-state index in [1.165, 1.54) is 22.0 Å². The van der Waals surface area contributed by atoms with Crippen molar-refractivity contribution in [1.29, 1.82) is 5.26 Å². The van der Waals surface area contributed by atoms with Crippen molar-refractivity contribution in [3.8, 4) is 6.07 Å². The highest BCUT2D eigenvalue weighted by molar-refractivity contribution is 7.89. The van der Waals surface area contributed by atoms with Gasteiger partial charge in [-0.05, 0) is 55.2 Å². The quantitative estimate of drug-likeness (QED) is 0.581. The number of para-hydroxylation sites is 3. The molecule has 0 radical (unpaired) electrons. The van der Waals surface area contributed by atoms with Gasteiger partial charge in [0.2, 0.25) is 15.9 Å². The minimum absolute atomic E-state index is 0.0187. The number of rotatable bonds is 5. The van der Waals surface area contributed by atoms with Gasteiger partial charge in [-0.1, -0.05) is 42.5 Å². The molecule has 5 rings (SSSR count). The summed E-state index contributed by atoms with van der Waals surface area (Å²) in [6.45, 7) is 1.33. The molecule has 1 N–H and O–H groups in total. The zero-order valence-corrected chi connectivity index (χ0v) is 20.0. The van der Waals surface area contributed by atoms with Crippen molar-refractivity contribution in [3.63, 3.8) is 0 Å². The van der Waals surface area contributed by atoms with Gasteiger partial charge in [0.25, 0.3) is 0 Å². The maximum Gasteiger partial charge on any atom is 0.244 e. The van der Waals surface area contributed by atoms with Crippen molar-refractivity contribution in [2.24, 2.45) is 5.92 Å². The van der Waals surface area contributed by atoms with Gasteiger partial charge in [0.05, 0.1) is 21.8 Å². The third-order valence-electron chi connectivity index (χ3n) is 6.79. The second kappa shape index (κ2) is 9.53. The highest BCUT2D eigenvalue weighted by atomic mass is 32.2. The maximum absolute atomic E-state index is 13.2. The molecule has 8 heteroatoms. The fraction of sp³-hybridized carbons (Fsp3) is 0.259. The average Bonchev–Trinajstić information content (AvgIpc) is 3.33. The fourth-order valence-corrected chi connectivity index (χ4v) is 6.53. The van der Waals surface area contributed by atoms with Crippen LogP contribution in [-0.2, 0) is 21.2 Å². The van der Waals surface area contributed by atoms with E-state index in [4.69, 9.17) is 0 Å². The lowest BCUT2D eigenvalue weighted by molar-refractivity contribution is -0.120. The van der Waals surface area contributed by atoms with Crippen LogP contribution in [0.4, 0.5) is 17.1 Å². The number of nitrogens with zero attached hydrogens (tertiary/aromatic N) is 3. The fourth-order valence-electron chi connectivity index (χ4n) is 4.92. The number of carbonyl (C=O) groups is 1. The van der Waals surface area contributed by atoms with E-state index in [1.54, 1.807) is 12.1 Å². The maximum atomic E-state index is 13.2. The molecule has 2 heterocycles. The van der Waals surface area contributed by atoms with Gasteiger partial charge in [-0.2, -0.15) is 9.57 Å². The molecule has 7 nitrogen and oxygen atoms in total. The topological polar surface area (TPSA) is 93.5 Å². The number of piperidine rings is 1. The predicted octanol–water partition coefficient (Wildman–Crippen LogP) is 4.29. The van der Waals surface area contributed by atoms with Crippen LogP contribution in [0.1, 0.15) is 24.0 Å². The van der Waals surface area contributed by atoms with Crippen LogP contribution in [0.15, 0.2) is 77.7 Å². The number of carbonyl (C=O) groups excluding carboxylic acids is 1. The summed E-state index contributed by atoms with van der Waals surface area (Å²) < 4.78 is 27.6. The van der Waals surface area contributed by atoms with Gasteiger partial charge in [0.1, 0.15) is 6.07 Å². The number of sulfonamides is 1. The minimum atomic E-state index is -3.79. The molecular weight excluding hydrogens is 460 g/mol. The molecule has 3 aromatic carbocycles. The van der Waals surface area contributed by atoms with Crippen LogP contribution in [-0.4, -0.2) is 38.3 Å². The molecule has 0 saturated carbocycles. The van der Waals surface area contributed by atoms with Crippen LogP contribution < -0.4 is 10.2 Å². The second-order valence-electron chi connectivity index (χ2n) is 8.82. The summed E-state index contributed by atoms with van der Waals surface area (Å²) in [7, 11) is -3.79. The molecule has 1 saturated heterocycles. The van der Waals surface area contributed by atoms with E-state index in [-0.39, 0.29) is 35.4 Å². The first-order chi connectivity index (χ1) is 17.0. The number of hydrogen-bond acceptors (Lipinski definition) is 5. The van der Waals surface area contributed by atoms with E-state index in [0.29, 0.717) is 12.8 Å². The molecule has 178 valence electrons. The van der Waals surface area contributed by atoms with E-state index in [1.807, 2.05) is 42.5 Å². The molecule has 35 heavy (non-hydrogen) atoms. The SMILES string of the molecule is N#Cc1ccccc1S(=O)(=O)N1CCC(C(=O)Nc2ccccc2N2CCc3ccccc32)CC1. The Balaban J connectivity index is 1.28. The summed E-state index contributed by atoms with van der Waals surface area (Å²) >= 11 is 0. The Kier molecular flexibility index (Phi) is 6.29. The molecule has 0 aliphatic carbocycles. The van der Waals surface area contributed by atoms with Crippen LogP contribution >= 0.6 is 0 Å². The standard InChI is InChI=1S/C27H26N4O3S/c28-19-22-8-2-6-12-26(22)35(33,34)30-16-13-21(14-17-30)27(32)29-23-9-3-5-11-25(23)31-18-15-20-7-1-4-10-24(20)31/h1-12,21H,13-18H2,(H,29,32). The lowest BCUT2D eigenvalue weighted by Gasteiger charge is -2.31. The monoisotopic (exact) mass is 486 g/mol. The number of benzene rings is 3. The summed E-state index contributed by atoms with van der Waals surface area (Å²) in [4.78, 5) is 15.4. The Labute approximate surface area is 205 Å². The molecule has 1 fully saturated rings. The number of hydrogen-bond donors (Lipinski definition) is 1. The first kappa shape index (κ1) is 23.1. The van der Waals surface area contributed by atoms with E-state index < -0.39 is 10.0 Å². The Bertz CT molecular complexity index is 1410. The summed E-state index contributed by atoms with van der Waals surface area (Å²) in [5.74, 6) is -0.383. The number of nitriles is 1. The summed E-state index contributed by atoms with van der Waals surface area (Å²) in [6.07, 6.45) is 1.81. The van der Waals surface area contributed by atoms with E-state index in [2.05, 4.69) is 22.3 Å².